The molecule has 0 radical (unpaired) electrons. The summed E-state index contributed by atoms with van der Waals surface area (Å²) in [5, 5.41) is 3.86. The predicted molar refractivity (Wildman–Crippen MR) is 95.3 cm³/mol. The number of imide groups is 1. The van der Waals surface area contributed by atoms with Gasteiger partial charge in [0, 0.05) is 37.7 Å². The van der Waals surface area contributed by atoms with Crippen LogP contribution in [0.4, 0.5) is 22.4 Å². The molecule has 0 unspecified atom stereocenters. The number of alkyl halides is 3. The Morgan fingerprint density at radius 2 is 1.86 bits per heavy atom. The molecule has 28 heavy (non-hydrogen) atoms. The van der Waals surface area contributed by atoms with Crippen molar-refractivity contribution in [1.82, 2.24) is 20.4 Å². The molecular weight excluding hydrogens is 404 g/mol. The average molecular weight is 425 g/mol. The van der Waals surface area contributed by atoms with Crippen LogP contribution in [0.3, 0.4) is 0 Å². The van der Waals surface area contributed by atoms with Gasteiger partial charge in [-0.2, -0.15) is 13.2 Å². The van der Waals surface area contributed by atoms with E-state index in [1.807, 2.05) is 10.2 Å². The highest BCUT2D eigenvalue weighted by Crippen LogP contribution is 2.20. The molecule has 0 bridgehead atoms. The number of carbonyl (C=O) groups is 2. The van der Waals surface area contributed by atoms with Gasteiger partial charge >= 0.3 is 12.2 Å². The lowest BCUT2D eigenvalue weighted by Crippen LogP contribution is -2.55. The van der Waals surface area contributed by atoms with Crippen LogP contribution in [0.5, 0.6) is 0 Å². The van der Waals surface area contributed by atoms with Crippen molar-refractivity contribution in [3.05, 3.63) is 34.6 Å². The van der Waals surface area contributed by atoms with Crippen LogP contribution in [0.1, 0.15) is 12.5 Å². The molecule has 1 atom stereocenters. The molecule has 156 valence electrons. The van der Waals surface area contributed by atoms with Crippen LogP contribution in [0, 0.1) is 5.82 Å². The van der Waals surface area contributed by atoms with E-state index in [4.69, 9.17) is 11.6 Å². The van der Waals surface area contributed by atoms with Gasteiger partial charge in [0.2, 0.25) is 5.91 Å². The second-order valence-corrected chi connectivity index (χ2v) is 6.92. The molecular formula is C17H21ClF4N4O2. The average Bonchev–Trinajstić information content (AvgIpc) is 2.62. The Kier molecular flexibility index (Phi) is 7.62. The molecule has 2 rings (SSSR count). The van der Waals surface area contributed by atoms with Crippen LogP contribution in [-0.4, -0.2) is 66.7 Å². The Balaban J connectivity index is 1.78. The van der Waals surface area contributed by atoms with Crippen LogP contribution >= 0.6 is 11.6 Å². The summed E-state index contributed by atoms with van der Waals surface area (Å²) in [4.78, 5) is 27.4. The van der Waals surface area contributed by atoms with Gasteiger partial charge in [0.1, 0.15) is 12.4 Å². The van der Waals surface area contributed by atoms with Crippen molar-refractivity contribution in [1.29, 1.82) is 0 Å². The van der Waals surface area contributed by atoms with Gasteiger partial charge in [-0.1, -0.05) is 17.7 Å². The summed E-state index contributed by atoms with van der Waals surface area (Å²) in [7, 11) is 0. The minimum atomic E-state index is -4.55. The summed E-state index contributed by atoms with van der Waals surface area (Å²) in [5.41, 5.74) is 0.795. The van der Waals surface area contributed by atoms with E-state index in [2.05, 4.69) is 4.90 Å². The fourth-order valence-electron chi connectivity index (χ4n) is 2.81. The number of urea groups is 1. The number of hydrogen-bond donors (Lipinski definition) is 2. The van der Waals surface area contributed by atoms with Gasteiger partial charge in [0.25, 0.3) is 0 Å². The number of hydrogen-bond acceptors (Lipinski definition) is 4. The molecule has 0 aromatic heterocycles. The van der Waals surface area contributed by atoms with Crippen LogP contribution in [0.2, 0.25) is 5.02 Å². The fraction of sp³-hybridized carbons (Fsp3) is 0.529. The molecule has 1 aromatic rings. The topological polar surface area (TPSA) is 64.7 Å². The summed E-state index contributed by atoms with van der Waals surface area (Å²) in [6.07, 6.45) is -4.55. The maximum Gasteiger partial charge on any atom is 0.405 e. The first kappa shape index (κ1) is 22.4. The second kappa shape index (κ2) is 9.53. The van der Waals surface area contributed by atoms with Crippen molar-refractivity contribution in [2.75, 3.05) is 32.7 Å². The van der Waals surface area contributed by atoms with Crippen molar-refractivity contribution in [2.24, 2.45) is 0 Å². The van der Waals surface area contributed by atoms with E-state index in [1.165, 1.54) is 12.1 Å². The fourth-order valence-corrected chi connectivity index (χ4v) is 3.03. The lowest BCUT2D eigenvalue weighted by molar-refractivity contribution is -0.127. The van der Waals surface area contributed by atoms with Crippen LogP contribution < -0.4 is 10.6 Å². The van der Waals surface area contributed by atoms with Crippen LogP contribution in [0.15, 0.2) is 18.2 Å². The molecule has 0 spiro atoms. The Morgan fingerprint density at radius 1 is 1.21 bits per heavy atom. The summed E-state index contributed by atoms with van der Waals surface area (Å²) < 4.78 is 49.3. The monoisotopic (exact) mass is 424 g/mol. The van der Waals surface area contributed by atoms with E-state index in [9.17, 15) is 27.2 Å². The zero-order valence-electron chi connectivity index (χ0n) is 15.2. The smallest absolute Gasteiger partial charge is 0.329 e. The van der Waals surface area contributed by atoms with Crippen molar-refractivity contribution in [2.45, 2.75) is 25.7 Å². The second-order valence-electron chi connectivity index (χ2n) is 6.51. The van der Waals surface area contributed by atoms with E-state index >= 15 is 0 Å². The lowest BCUT2D eigenvalue weighted by atomic mass is 10.1. The minimum Gasteiger partial charge on any atom is -0.329 e. The maximum atomic E-state index is 13.1. The molecule has 1 heterocycles. The van der Waals surface area contributed by atoms with E-state index < -0.39 is 36.5 Å². The minimum absolute atomic E-state index is 0.347. The third-order valence-corrected chi connectivity index (χ3v) is 4.78. The maximum absolute atomic E-state index is 13.1. The zero-order chi connectivity index (χ0) is 20.9. The van der Waals surface area contributed by atoms with Crippen LogP contribution in [-0.2, 0) is 11.3 Å². The Hall–Kier alpha value is -1.91. The third kappa shape index (κ3) is 6.92. The summed E-state index contributed by atoms with van der Waals surface area (Å²) in [5.74, 6) is -1.08. The van der Waals surface area contributed by atoms with E-state index in [0.29, 0.717) is 37.7 Å². The van der Waals surface area contributed by atoms with Gasteiger partial charge in [0.05, 0.1) is 6.04 Å². The number of benzene rings is 1. The third-order valence-electron chi connectivity index (χ3n) is 4.43. The molecule has 1 saturated heterocycles. The van der Waals surface area contributed by atoms with E-state index in [-0.39, 0.29) is 0 Å². The summed E-state index contributed by atoms with van der Waals surface area (Å²) in [6.45, 7) is 2.89. The van der Waals surface area contributed by atoms with Gasteiger partial charge in [-0.3, -0.25) is 19.9 Å². The number of nitrogens with one attached hydrogen (secondary N) is 2. The van der Waals surface area contributed by atoms with E-state index in [1.54, 1.807) is 18.3 Å². The number of rotatable bonds is 5. The van der Waals surface area contributed by atoms with Crippen molar-refractivity contribution >= 4 is 23.5 Å². The number of amides is 3. The molecule has 2 N–H and O–H groups in total. The molecule has 1 aliphatic heterocycles. The lowest BCUT2D eigenvalue weighted by Gasteiger charge is -2.37. The molecule has 0 saturated carbocycles. The Morgan fingerprint density at radius 3 is 2.43 bits per heavy atom. The molecule has 6 nitrogen and oxygen atoms in total. The Bertz CT molecular complexity index is 709. The standard InChI is InChI=1S/C17H21ClF4N4O2/c1-11(15(27)24-16(28)23-10-17(20,21)22)26-6-4-25(5-7-26)9-12-2-3-13(19)8-14(12)18/h2-3,8,11H,4-7,9-10H2,1H3,(H2,23,24,27,28)/t11-/m0/s1. The normalized spacial score (nSPS) is 17.2. The molecule has 1 fully saturated rings. The molecule has 1 aromatic carbocycles. The summed E-state index contributed by atoms with van der Waals surface area (Å²) >= 11 is 6.03. The zero-order valence-corrected chi connectivity index (χ0v) is 15.9. The van der Waals surface area contributed by atoms with Gasteiger partial charge in [-0.15, -0.1) is 0 Å². The first-order valence-corrected chi connectivity index (χ1v) is 8.99. The molecule has 1 aliphatic rings. The predicted octanol–water partition coefficient (Wildman–Crippen LogP) is 2.37. The quantitative estimate of drug-likeness (QED) is 0.712. The van der Waals surface area contributed by atoms with Crippen molar-refractivity contribution in [3.63, 3.8) is 0 Å². The number of piperazine rings is 1. The summed E-state index contributed by atoms with van der Waals surface area (Å²) in [6, 6.07) is 2.36. The van der Waals surface area contributed by atoms with Gasteiger partial charge in [-0.25, -0.2) is 9.18 Å². The first-order valence-electron chi connectivity index (χ1n) is 8.61. The first-order chi connectivity index (χ1) is 13.0. The molecule has 3 amide bonds. The highest BCUT2D eigenvalue weighted by molar-refractivity contribution is 6.31. The van der Waals surface area contributed by atoms with Crippen molar-refractivity contribution < 1.29 is 27.2 Å². The highest BCUT2D eigenvalue weighted by Gasteiger charge is 2.30. The number of halogens is 5. The molecule has 0 aliphatic carbocycles. The largest absolute Gasteiger partial charge is 0.405 e. The van der Waals surface area contributed by atoms with Gasteiger partial charge < -0.3 is 5.32 Å². The highest BCUT2D eigenvalue weighted by atomic mass is 35.5. The number of carbonyl (C=O) groups excluding carboxylic acids is 2. The molecule has 11 heteroatoms. The van der Waals surface area contributed by atoms with E-state index in [0.717, 1.165) is 5.56 Å². The SMILES string of the molecule is C[C@@H](C(=O)NC(=O)NCC(F)(F)F)N1CCN(Cc2ccc(F)cc2Cl)CC1. The Labute approximate surface area is 164 Å². The van der Waals surface area contributed by atoms with Crippen LogP contribution in [0.25, 0.3) is 0 Å². The number of nitrogens with zero attached hydrogens (tertiary/aromatic N) is 2. The van der Waals surface area contributed by atoms with Crippen molar-refractivity contribution in [3.8, 4) is 0 Å². The van der Waals surface area contributed by atoms with Gasteiger partial charge in [-0.05, 0) is 24.6 Å². The van der Waals surface area contributed by atoms with Gasteiger partial charge in [0.15, 0.2) is 0 Å².